The number of carbonyl (C=O) groups excluding carboxylic acids is 1. The number of esters is 1. The first-order valence-electron chi connectivity index (χ1n) is 5.25. The quantitative estimate of drug-likeness (QED) is 0.591. The molecule has 2 aromatic rings. The zero-order chi connectivity index (χ0) is 14.2. The highest BCUT2D eigenvalue weighted by Gasteiger charge is 2.32. The van der Waals surface area contributed by atoms with E-state index in [-0.39, 0.29) is 17.9 Å². The first kappa shape index (κ1) is 14.1. The third kappa shape index (κ3) is 2.67. The van der Waals surface area contributed by atoms with Gasteiger partial charge in [-0.15, -0.1) is 0 Å². The van der Waals surface area contributed by atoms with E-state index in [9.17, 15) is 18.0 Å². The Morgan fingerprint density at radius 2 is 2.21 bits per heavy atom. The molecule has 2 rings (SSSR count). The Balaban J connectivity index is 2.63. The molecule has 0 atom stereocenters. The molecule has 4 nitrogen and oxygen atoms in total. The topological polar surface area (TPSA) is 43.6 Å². The van der Waals surface area contributed by atoms with E-state index in [2.05, 4.69) is 4.98 Å². The number of rotatable bonds is 2. The van der Waals surface area contributed by atoms with Crippen molar-refractivity contribution >= 4 is 34.2 Å². The van der Waals surface area contributed by atoms with Crippen LogP contribution in [-0.2, 0) is 10.9 Å². The number of halogens is 4. The second-order valence-corrected chi connectivity index (χ2v) is 4.79. The smallest absolute Gasteiger partial charge is 0.417 e. The van der Waals surface area contributed by atoms with Crippen molar-refractivity contribution in [1.82, 2.24) is 9.38 Å². The molecular formula is C11H8F3IN2O2. The Kier molecular flexibility index (Phi) is 3.70. The number of hydrogen-bond donors (Lipinski definition) is 0. The third-order valence-electron chi connectivity index (χ3n) is 2.37. The summed E-state index contributed by atoms with van der Waals surface area (Å²) in [7, 11) is 0. The molecule has 102 valence electrons. The van der Waals surface area contributed by atoms with Crippen LogP contribution in [0.4, 0.5) is 13.2 Å². The van der Waals surface area contributed by atoms with Gasteiger partial charge in [0.1, 0.15) is 0 Å². The Bertz CT molecular complexity index is 637. The van der Waals surface area contributed by atoms with Gasteiger partial charge in [-0.2, -0.15) is 13.2 Å². The average Bonchev–Trinajstić information content (AvgIpc) is 2.72. The summed E-state index contributed by atoms with van der Waals surface area (Å²) in [5.41, 5.74) is -0.578. The zero-order valence-electron chi connectivity index (χ0n) is 9.66. The summed E-state index contributed by atoms with van der Waals surface area (Å²) in [5.74, 6) is -0.704. The normalized spacial score (nSPS) is 11.8. The highest BCUT2D eigenvalue weighted by Crippen LogP contribution is 2.31. The lowest BCUT2D eigenvalue weighted by atomic mass is 10.3. The number of nitrogens with zero attached hydrogens (tertiary/aromatic N) is 2. The Labute approximate surface area is 119 Å². The van der Waals surface area contributed by atoms with Crippen molar-refractivity contribution in [3.63, 3.8) is 0 Å². The summed E-state index contributed by atoms with van der Waals surface area (Å²) >= 11 is 1.75. The van der Waals surface area contributed by atoms with Crippen molar-refractivity contribution in [3.8, 4) is 0 Å². The van der Waals surface area contributed by atoms with Gasteiger partial charge >= 0.3 is 12.1 Å². The first-order valence-corrected chi connectivity index (χ1v) is 6.33. The second kappa shape index (κ2) is 4.99. The second-order valence-electron chi connectivity index (χ2n) is 3.63. The summed E-state index contributed by atoms with van der Waals surface area (Å²) in [6, 6.07) is 0.984. The standard InChI is InChI=1S/C11H8F3IN2O2/c1-2-19-10(18)8-4-16-9-7(15)3-6(5-17(8)9)11(12,13)14/h3-5H,2H2,1H3. The maximum Gasteiger partial charge on any atom is 0.417 e. The van der Waals surface area contributed by atoms with Crippen LogP contribution in [0.15, 0.2) is 18.5 Å². The van der Waals surface area contributed by atoms with Gasteiger partial charge in [-0.05, 0) is 35.6 Å². The molecule has 19 heavy (non-hydrogen) atoms. The molecule has 0 saturated carbocycles. The first-order chi connectivity index (χ1) is 8.84. The van der Waals surface area contributed by atoms with Crippen LogP contribution in [0.2, 0.25) is 0 Å². The van der Waals surface area contributed by atoms with Crippen LogP contribution in [0, 0.1) is 3.57 Å². The molecule has 0 N–H and O–H groups in total. The van der Waals surface area contributed by atoms with Gasteiger partial charge in [0, 0.05) is 6.20 Å². The molecule has 2 aromatic heterocycles. The number of alkyl halides is 3. The van der Waals surface area contributed by atoms with E-state index < -0.39 is 17.7 Å². The minimum absolute atomic E-state index is 0.0270. The summed E-state index contributed by atoms with van der Waals surface area (Å²) in [5, 5.41) is 0. The molecule has 0 aliphatic heterocycles. The van der Waals surface area contributed by atoms with E-state index >= 15 is 0 Å². The van der Waals surface area contributed by atoms with Gasteiger partial charge in [0.15, 0.2) is 11.3 Å². The number of aromatic nitrogens is 2. The van der Waals surface area contributed by atoms with Crippen molar-refractivity contribution in [1.29, 1.82) is 0 Å². The number of carbonyl (C=O) groups is 1. The van der Waals surface area contributed by atoms with Gasteiger partial charge in [0.2, 0.25) is 0 Å². The summed E-state index contributed by atoms with van der Waals surface area (Å²) in [4.78, 5) is 15.6. The van der Waals surface area contributed by atoms with Gasteiger partial charge in [-0.3, -0.25) is 4.40 Å². The largest absolute Gasteiger partial charge is 0.461 e. The van der Waals surface area contributed by atoms with Crippen molar-refractivity contribution < 1.29 is 22.7 Å². The molecule has 0 radical (unpaired) electrons. The van der Waals surface area contributed by atoms with Gasteiger partial charge in [0.25, 0.3) is 0 Å². The van der Waals surface area contributed by atoms with Crippen LogP contribution in [-0.4, -0.2) is 22.0 Å². The van der Waals surface area contributed by atoms with Crippen LogP contribution in [0.3, 0.4) is 0 Å². The number of hydrogen-bond acceptors (Lipinski definition) is 3. The van der Waals surface area contributed by atoms with Crippen molar-refractivity contribution in [2.75, 3.05) is 6.61 Å². The highest BCUT2D eigenvalue weighted by molar-refractivity contribution is 14.1. The van der Waals surface area contributed by atoms with E-state index in [4.69, 9.17) is 4.74 Å². The highest BCUT2D eigenvalue weighted by atomic mass is 127. The molecule has 0 spiro atoms. The predicted molar refractivity (Wildman–Crippen MR) is 68.9 cm³/mol. The van der Waals surface area contributed by atoms with Crippen molar-refractivity contribution in [2.24, 2.45) is 0 Å². The SMILES string of the molecule is CCOC(=O)c1cnc2c(I)cc(C(F)(F)F)cn12. The number of imidazole rings is 1. The molecular weight excluding hydrogens is 376 g/mol. The minimum Gasteiger partial charge on any atom is -0.461 e. The maximum absolute atomic E-state index is 12.7. The lowest BCUT2D eigenvalue weighted by molar-refractivity contribution is -0.137. The van der Waals surface area contributed by atoms with Gasteiger partial charge < -0.3 is 4.74 Å². The Hall–Kier alpha value is -1.32. The van der Waals surface area contributed by atoms with E-state index in [0.29, 0.717) is 3.57 Å². The monoisotopic (exact) mass is 384 g/mol. The number of pyridine rings is 1. The summed E-state index contributed by atoms with van der Waals surface area (Å²) in [6.45, 7) is 1.76. The lowest BCUT2D eigenvalue weighted by Gasteiger charge is -2.09. The van der Waals surface area contributed by atoms with E-state index in [1.54, 1.807) is 29.5 Å². The van der Waals surface area contributed by atoms with Crippen molar-refractivity contribution in [3.05, 3.63) is 33.3 Å². The van der Waals surface area contributed by atoms with Crippen LogP contribution >= 0.6 is 22.6 Å². The van der Waals surface area contributed by atoms with Crippen molar-refractivity contribution in [2.45, 2.75) is 13.1 Å². The van der Waals surface area contributed by atoms with E-state index in [0.717, 1.165) is 16.7 Å². The van der Waals surface area contributed by atoms with Crippen LogP contribution in [0.5, 0.6) is 0 Å². The lowest BCUT2D eigenvalue weighted by Crippen LogP contribution is -2.11. The summed E-state index contributed by atoms with van der Waals surface area (Å²) in [6.07, 6.45) is -2.43. The number of fused-ring (bicyclic) bond motifs is 1. The average molecular weight is 384 g/mol. The fourth-order valence-corrected chi connectivity index (χ4v) is 2.29. The van der Waals surface area contributed by atoms with Crippen LogP contribution in [0.25, 0.3) is 5.65 Å². The molecule has 8 heteroatoms. The fraction of sp³-hybridized carbons (Fsp3) is 0.273. The molecule has 0 aliphatic carbocycles. The Morgan fingerprint density at radius 1 is 1.53 bits per heavy atom. The number of ether oxygens (including phenoxy) is 1. The third-order valence-corrected chi connectivity index (χ3v) is 3.17. The molecule has 0 aliphatic rings. The molecule has 0 amide bonds. The minimum atomic E-state index is -4.48. The van der Waals surface area contributed by atoms with Gasteiger partial charge in [0.05, 0.1) is 21.9 Å². The summed E-state index contributed by atoms with van der Waals surface area (Å²) < 4.78 is 44.4. The van der Waals surface area contributed by atoms with Gasteiger partial charge in [-0.25, -0.2) is 9.78 Å². The molecule has 0 bridgehead atoms. The van der Waals surface area contributed by atoms with Gasteiger partial charge in [-0.1, -0.05) is 0 Å². The van der Waals surface area contributed by atoms with E-state index in [1.807, 2.05) is 0 Å². The maximum atomic E-state index is 12.7. The molecule has 0 saturated heterocycles. The fourth-order valence-electron chi connectivity index (χ4n) is 1.56. The zero-order valence-corrected chi connectivity index (χ0v) is 11.8. The molecule has 0 unspecified atom stereocenters. The molecule has 0 fully saturated rings. The molecule has 0 aromatic carbocycles. The Morgan fingerprint density at radius 3 is 2.79 bits per heavy atom. The van der Waals surface area contributed by atoms with Crippen LogP contribution < -0.4 is 0 Å². The van der Waals surface area contributed by atoms with Crippen LogP contribution in [0.1, 0.15) is 23.0 Å². The van der Waals surface area contributed by atoms with E-state index in [1.165, 1.54) is 6.20 Å². The molecule has 2 heterocycles. The predicted octanol–water partition coefficient (Wildman–Crippen LogP) is 3.13.